The molecule has 1 atom stereocenters. The van der Waals surface area contributed by atoms with Gasteiger partial charge in [0, 0.05) is 13.6 Å². The molecule has 110 valence electrons. The Labute approximate surface area is 125 Å². The summed E-state index contributed by atoms with van der Waals surface area (Å²) in [5, 5.41) is 4.43. The smallest absolute Gasteiger partial charge is 0.158 e. The van der Waals surface area contributed by atoms with E-state index in [1.807, 2.05) is 25.6 Å². The maximum Gasteiger partial charge on any atom is 0.158 e. The van der Waals surface area contributed by atoms with E-state index in [1.54, 1.807) is 0 Å². The third kappa shape index (κ3) is 2.34. The van der Waals surface area contributed by atoms with Crippen molar-refractivity contribution in [1.29, 1.82) is 0 Å². The van der Waals surface area contributed by atoms with Crippen LogP contribution < -0.4 is 0 Å². The fourth-order valence-corrected chi connectivity index (χ4v) is 3.63. The van der Waals surface area contributed by atoms with Crippen LogP contribution in [0.3, 0.4) is 0 Å². The summed E-state index contributed by atoms with van der Waals surface area (Å²) in [5.41, 5.74) is 3.12. The van der Waals surface area contributed by atoms with Gasteiger partial charge in [-0.1, -0.05) is 19.3 Å². The number of aryl methyl sites for hydroxylation is 2. The molecule has 3 rings (SSSR count). The summed E-state index contributed by atoms with van der Waals surface area (Å²) in [6, 6.07) is 0. The summed E-state index contributed by atoms with van der Waals surface area (Å²) < 4.78 is 4.26. The van der Waals surface area contributed by atoms with Gasteiger partial charge in [0.25, 0.3) is 0 Å². The monoisotopic (exact) mass is 294 g/mol. The number of rotatable bonds is 3. The minimum atomic E-state index is -0.0645. The average molecular weight is 295 g/mol. The third-order valence-corrected chi connectivity index (χ3v) is 4.64. The van der Waals surface area contributed by atoms with E-state index in [1.165, 1.54) is 32.1 Å². The molecular formula is C15H23ClN4. The summed E-state index contributed by atoms with van der Waals surface area (Å²) >= 11 is 6.35. The molecule has 1 saturated carbocycles. The summed E-state index contributed by atoms with van der Waals surface area (Å²) in [5.74, 6) is 1.74. The predicted octanol–water partition coefficient (Wildman–Crippen LogP) is 3.96. The first-order valence-electron chi connectivity index (χ1n) is 7.61. The maximum absolute atomic E-state index is 6.35. The van der Waals surface area contributed by atoms with Gasteiger partial charge in [0.15, 0.2) is 5.65 Å². The molecule has 0 spiro atoms. The SMILES string of the molecule is Cc1nn(C)c2c1nc(C(C)Cl)n2CC1CCCCC1. The minimum Gasteiger partial charge on any atom is -0.311 e. The van der Waals surface area contributed by atoms with Crippen molar-refractivity contribution in [2.75, 3.05) is 0 Å². The summed E-state index contributed by atoms with van der Waals surface area (Å²) in [6.45, 7) is 5.05. The second-order valence-electron chi connectivity index (χ2n) is 6.08. The zero-order chi connectivity index (χ0) is 14.3. The lowest BCUT2D eigenvalue weighted by atomic mass is 9.89. The first kappa shape index (κ1) is 13.9. The van der Waals surface area contributed by atoms with Crippen molar-refractivity contribution in [2.45, 2.75) is 57.9 Å². The second-order valence-corrected chi connectivity index (χ2v) is 6.74. The van der Waals surface area contributed by atoms with Crippen LogP contribution in [0.5, 0.6) is 0 Å². The van der Waals surface area contributed by atoms with Gasteiger partial charge in [-0.3, -0.25) is 4.68 Å². The Morgan fingerprint density at radius 2 is 2.00 bits per heavy atom. The molecule has 1 aliphatic carbocycles. The molecule has 1 unspecified atom stereocenters. The van der Waals surface area contributed by atoms with Crippen molar-refractivity contribution in [1.82, 2.24) is 19.3 Å². The van der Waals surface area contributed by atoms with E-state index in [-0.39, 0.29) is 5.38 Å². The van der Waals surface area contributed by atoms with Crippen molar-refractivity contribution in [3.63, 3.8) is 0 Å². The Morgan fingerprint density at radius 3 is 2.65 bits per heavy atom. The number of hydrogen-bond donors (Lipinski definition) is 0. The van der Waals surface area contributed by atoms with Crippen molar-refractivity contribution >= 4 is 22.8 Å². The molecule has 2 aromatic heterocycles. The lowest BCUT2D eigenvalue weighted by Crippen LogP contribution is -2.17. The van der Waals surface area contributed by atoms with E-state index in [0.717, 1.165) is 35.1 Å². The molecule has 0 amide bonds. The molecule has 5 heteroatoms. The average Bonchev–Trinajstić information content (AvgIpc) is 2.91. The van der Waals surface area contributed by atoms with Gasteiger partial charge in [0.2, 0.25) is 0 Å². The highest BCUT2D eigenvalue weighted by atomic mass is 35.5. The van der Waals surface area contributed by atoms with Crippen LogP contribution in [-0.4, -0.2) is 19.3 Å². The third-order valence-electron chi connectivity index (χ3n) is 4.44. The van der Waals surface area contributed by atoms with E-state index in [2.05, 4.69) is 9.67 Å². The Hall–Kier alpha value is -1.03. The summed E-state index contributed by atoms with van der Waals surface area (Å²) in [7, 11) is 2.00. The number of nitrogens with zero attached hydrogens (tertiary/aromatic N) is 4. The summed E-state index contributed by atoms with van der Waals surface area (Å²) in [4.78, 5) is 4.75. The molecule has 0 N–H and O–H groups in total. The van der Waals surface area contributed by atoms with Crippen LogP contribution in [0.15, 0.2) is 0 Å². The van der Waals surface area contributed by atoms with Gasteiger partial charge in [-0.2, -0.15) is 5.10 Å². The molecule has 1 fully saturated rings. The molecule has 20 heavy (non-hydrogen) atoms. The van der Waals surface area contributed by atoms with Crippen LogP contribution >= 0.6 is 11.6 Å². The maximum atomic E-state index is 6.35. The lowest BCUT2D eigenvalue weighted by Gasteiger charge is -2.23. The zero-order valence-corrected chi connectivity index (χ0v) is 13.3. The van der Waals surface area contributed by atoms with Crippen molar-refractivity contribution in [2.24, 2.45) is 13.0 Å². The molecule has 0 aromatic carbocycles. The first-order chi connectivity index (χ1) is 9.58. The van der Waals surface area contributed by atoms with Crippen LogP contribution in [-0.2, 0) is 13.6 Å². The van der Waals surface area contributed by atoms with E-state index >= 15 is 0 Å². The fraction of sp³-hybridized carbons (Fsp3) is 0.733. The van der Waals surface area contributed by atoms with E-state index in [0.29, 0.717) is 0 Å². The summed E-state index contributed by atoms with van der Waals surface area (Å²) in [6.07, 6.45) is 6.76. The molecule has 2 aromatic rings. The highest BCUT2D eigenvalue weighted by Gasteiger charge is 2.23. The van der Waals surface area contributed by atoms with E-state index in [4.69, 9.17) is 16.6 Å². The molecule has 2 heterocycles. The Balaban J connectivity index is 2.03. The molecule has 4 nitrogen and oxygen atoms in total. The zero-order valence-electron chi connectivity index (χ0n) is 12.6. The molecule has 0 bridgehead atoms. The Kier molecular flexibility index (Phi) is 3.76. The van der Waals surface area contributed by atoms with Gasteiger partial charge in [0.1, 0.15) is 11.3 Å². The van der Waals surface area contributed by atoms with E-state index in [9.17, 15) is 0 Å². The van der Waals surface area contributed by atoms with Crippen LogP contribution in [0.1, 0.15) is 55.9 Å². The number of aromatic nitrogens is 4. The van der Waals surface area contributed by atoms with E-state index < -0.39 is 0 Å². The molecule has 1 aliphatic rings. The van der Waals surface area contributed by atoms with Crippen molar-refractivity contribution < 1.29 is 0 Å². The van der Waals surface area contributed by atoms with Crippen LogP contribution in [0.2, 0.25) is 0 Å². The number of hydrogen-bond acceptors (Lipinski definition) is 2. The fourth-order valence-electron chi connectivity index (χ4n) is 3.46. The van der Waals surface area contributed by atoms with Gasteiger partial charge in [0.05, 0.1) is 11.1 Å². The van der Waals surface area contributed by atoms with Gasteiger partial charge in [-0.05, 0) is 32.6 Å². The normalized spacial score (nSPS) is 18.8. The van der Waals surface area contributed by atoms with Gasteiger partial charge >= 0.3 is 0 Å². The van der Waals surface area contributed by atoms with Gasteiger partial charge in [-0.15, -0.1) is 11.6 Å². The molecule has 0 aliphatic heterocycles. The highest BCUT2D eigenvalue weighted by Crippen LogP contribution is 2.30. The van der Waals surface area contributed by atoms with Crippen LogP contribution in [0.4, 0.5) is 0 Å². The largest absolute Gasteiger partial charge is 0.311 e. The Morgan fingerprint density at radius 1 is 1.30 bits per heavy atom. The highest BCUT2D eigenvalue weighted by molar-refractivity contribution is 6.20. The second kappa shape index (κ2) is 5.40. The Bertz CT molecular complexity index is 605. The molecular weight excluding hydrogens is 272 g/mol. The van der Waals surface area contributed by atoms with Gasteiger partial charge < -0.3 is 4.57 Å². The van der Waals surface area contributed by atoms with Crippen LogP contribution in [0, 0.1) is 12.8 Å². The number of alkyl halides is 1. The first-order valence-corrected chi connectivity index (χ1v) is 8.05. The minimum absolute atomic E-state index is 0.0645. The standard InChI is InChI=1S/C15H23ClN4/c1-10(16)14-17-13-11(2)18-19(3)15(13)20(14)9-12-7-5-4-6-8-12/h10,12H,4-9H2,1-3H3. The van der Waals surface area contributed by atoms with Gasteiger partial charge in [-0.25, -0.2) is 4.98 Å². The van der Waals surface area contributed by atoms with Crippen molar-refractivity contribution in [3.8, 4) is 0 Å². The predicted molar refractivity (Wildman–Crippen MR) is 82.1 cm³/mol. The molecule has 0 radical (unpaired) electrons. The number of fused-ring (bicyclic) bond motifs is 1. The number of halogens is 1. The lowest BCUT2D eigenvalue weighted by molar-refractivity contribution is 0.317. The number of imidazole rings is 1. The molecule has 0 saturated heterocycles. The quantitative estimate of drug-likeness (QED) is 0.803. The van der Waals surface area contributed by atoms with Crippen LogP contribution in [0.25, 0.3) is 11.2 Å². The van der Waals surface area contributed by atoms with Crippen molar-refractivity contribution in [3.05, 3.63) is 11.5 Å². The topological polar surface area (TPSA) is 35.6 Å².